The fraction of sp³-hybridized carbons (Fsp3) is 0.625. The summed E-state index contributed by atoms with van der Waals surface area (Å²) in [5.41, 5.74) is 4.21. The van der Waals surface area contributed by atoms with Crippen LogP contribution in [0.25, 0.3) is 0 Å². The van der Waals surface area contributed by atoms with Gasteiger partial charge < -0.3 is 14.2 Å². The molecular weight excluding hydrogens is 268 g/mol. The Hall–Kier alpha value is -1.14. The van der Waals surface area contributed by atoms with Crippen LogP contribution in [0.3, 0.4) is 0 Å². The Bertz CT molecular complexity index is 414. The highest BCUT2D eigenvalue weighted by molar-refractivity contribution is 5.37. The average Bonchev–Trinajstić information content (AvgIpc) is 2.53. The van der Waals surface area contributed by atoms with Gasteiger partial charge in [0.25, 0.3) is 0 Å². The molecule has 1 heterocycles. The molecule has 5 nitrogen and oxygen atoms in total. The first-order valence-electron chi connectivity index (χ1n) is 7.59. The number of para-hydroxylation sites is 1. The molecule has 0 bridgehead atoms. The van der Waals surface area contributed by atoms with Crippen molar-refractivity contribution >= 4 is 0 Å². The largest absolute Gasteiger partial charge is 0.493 e. The summed E-state index contributed by atoms with van der Waals surface area (Å²) < 4.78 is 16.2. The van der Waals surface area contributed by atoms with Crippen LogP contribution in [0.1, 0.15) is 30.7 Å². The summed E-state index contributed by atoms with van der Waals surface area (Å²) in [6.07, 6.45) is 2.95. The molecule has 0 saturated heterocycles. The van der Waals surface area contributed by atoms with Gasteiger partial charge >= 0.3 is 0 Å². The van der Waals surface area contributed by atoms with Crippen molar-refractivity contribution in [3.63, 3.8) is 0 Å². The van der Waals surface area contributed by atoms with E-state index in [0.717, 1.165) is 31.6 Å². The predicted molar refractivity (Wildman–Crippen MR) is 82.3 cm³/mol. The van der Waals surface area contributed by atoms with E-state index in [0.29, 0.717) is 25.7 Å². The van der Waals surface area contributed by atoms with Gasteiger partial charge in [-0.1, -0.05) is 18.2 Å². The molecule has 1 aromatic rings. The number of nitrogens with one attached hydrogen (secondary N) is 1. The van der Waals surface area contributed by atoms with Crippen LogP contribution in [-0.4, -0.2) is 39.6 Å². The Balaban J connectivity index is 1.82. The molecular formula is C16H26N2O3. The third-order valence-electron chi connectivity index (χ3n) is 3.93. The Morgan fingerprint density at radius 3 is 3.00 bits per heavy atom. The average molecular weight is 294 g/mol. The number of benzene rings is 1. The van der Waals surface area contributed by atoms with Gasteiger partial charge in [-0.2, -0.15) is 0 Å². The number of hydrogen-bond acceptors (Lipinski definition) is 5. The minimum Gasteiger partial charge on any atom is -0.493 e. The fourth-order valence-electron chi connectivity index (χ4n) is 2.74. The molecule has 0 radical (unpaired) electrons. The number of methoxy groups -OCH3 is 1. The van der Waals surface area contributed by atoms with Crippen molar-refractivity contribution in [1.82, 2.24) is 5.43 Å². The summed E-state index contributed by atoms with van der Waals surface area (Å²) in [4.78, 5) is 0. The maximum atomic E-state index is 5.70. The standard InChI is InChI=1S/C16H26N2O3/c1-19-10-11-20-8-7-14(18-17)12-13-6-9-21-16-5-3-2-4-15(13)16/h2-5,13-14,18H,6-12,17H2,1H3. The summed E-state index contributed by atoms with van der Waals surface area (Å²) in [6.45, 7) is 2.74. The lowest BCUT2D eigenvalue weighted by atomic mass is 9.87. The molecule has 5 heteroatoms. The number of nitrogens with two attached hydrogens (primary N) is 1. The van der Waals surface area contributed by atoms with Gasteiger partial charge in [0.1, 0.15) is 5.75 Å². The molecule has 0 spiro atoms. The Morgan fingerprint density at radius 1 is 1.33 bits per heavy atom. The van der Waals surface area contributed by atoms with Gasteiger partial charge in [0.2, 0.25) is 0 Å². The van der Waals surface area contributed by atoms with E-state index in [1.54, 1.807) is 7.11 Å². The molecule has 0 fully saturated rings. The van der Waals surface area contributed by atoms with Gasteiger partial charge in [-0.25, -0.2) is 0 Å². The number of hydrogen-bond donors (Lipinski definition) is 2. The van der Waals surface area contributed by atoms with E-state index >= 15 is 0 Å². The maximum Gasteiger partial charge on any atom is 0.122 e. The van der Waals surface area contributed by atoms with Gasteiger partial charge in [0.05, 0.1) is 19.8 Å². The van der Waals surface area contributed by atoms with E-state index < -0.39 is 0 Å². The van der Waals surface area contributed by atoms with Crippen LogP contribution in [0.5, 0.6) is 5.75 Å². The Kier molecular flexibility index (Phi) is 6.95. The molecule has 1 aliphatic heterocycles. The van der Waals surface area contributed by atoms with E-state index in [1.165, 1.54) is 5.56 Å². The quantitative estimate of drug-likeness (QED) is 0.413. The molecule has 118 valence electrons. The highest BCUT2D eigenvalue weighted by Crippen LogP contribution is 2.36. The van der Waals surface area contributed by atoms with Crippen LogP contribution < -0.4 is 16.0 Å². The first kappa shape index (κ1) is 16.2. The third kappa shape index (κ3) is 4.97. The van der Waals surface area contributed by atoms with Crippen LogP contribution in [-0.2, 0) is 9.47 Å². The van der Waals surface area contributed by atoms with Crippen LogP contribution in [0.2, 0.25) is 0 Å². The smallest absolute Gasteiger partial charge is 0.122 e. The first-order valence-corrected chi connectivity index (χ1v) is 7.59. The van der Waals surface area contributed by atoms with E-state index in [9.17, 15) is 0 Å². The minimum absolute atomic E-state index is 0.253. The maximum absolute atomic E-state index is 5.70. The van der Waals surface area contributed by atoms with Crippen molar-refractivity contribution < 1.29 is 14.2 Å². The highest BCUT2D eigenvalue weighted by atomic mass is 16.5. The summed E-state index contributed by atoms with van der Waals surface area (Å²) in [5.74, 6) is 7.20. The molecule has 0 aromatic heterocycles. The van der Waals surface area contributed by atoms with Gasteiger partial charge in [-0.05, 0) is 36.8 Å². The van der Waals surface area contributed by atoms with Crippen LogP contribution in [0.4, 0.5) is 0 Å². The zero-order valence-electron chi connectivity index (χ0n) is 12.7. The van der Waals surface area contributed by atoms with Gasteiger partial charge in [0.15, 0.2) is 0 Å². The molecule has 0 saturated carbocycles. The van der Waals surface area contributed by atoms with Gasteiger partial charge in [0, 0.05) is 19.8 Å². The summed E-state index contributed by atoms with van der Waals surface area (Å²) in [6, 6.07) is 8.54. The SMILES string of the molecule is COCCOCCC(CC1CCOc2ccccc21)NN. The Labute approximate surface area is 126 Å². The summed E-state index contributed by atoms with van der Waals surface area (Å²) in [5, 5.41) is 0. The highest BCUT2D eigenvalue weighted by Gasteiger charge is 2.23. The molecule has 0 aliphatic carbocycles. The van der Waals surface area contributed by atoms with E-state index in [1.807, 2.05) is 12.1 Å². The molecule has 2 atom stereocenters. The minimum atomic E-state index is 0.253. The van der Waals surface area contributed by atoms with Crippen molar-refractivity contribution in [3.05, 3.63) is 29.8 Å². The lowest BCUT2D eigenvalue weighted by molar-refractivity contribution is 0.0649. The van der Waals surface area contributed by atoms with E-state index in [4.69, 9.17) is 20.1 Å². The van der Waals surface area contributed by atoms with Gasteiger partial charge in [-0.15, -0.1) is 0 Å². The molecule has 3 N–H and O–H groups in total. The zero-order chi connectivity index (χ0) is 14.9. The van der Waals surface area contributed by atoms with E-state index in [2.05, 4.69) is 17.6 Å². The van der Waals surface area contributed by atoms with Crippen molar-refractivity contribution in [2.24, 2.45) is 5.84 Å². The van der Waals surface area contributed by atoms with Crippen molar-refractivity contribution in [2.45, 2.75) is 31.2 Å². The molecule has 1 aliphatic rings. The van der Waals surface area contributed by atoms with Crippen LogP contribution >= 0.6 is 0 Å². The second-order valence-electron chi connectivity index (χ2n) is 5.37. The molecule has 1 aromatic carbocycles. The monoisotopic (exact) mass is 294 g/mol. The fourth-order valence-corrected chi connectivity index (χ4v) is 2.74. The van der Waals surface area contributed by atoms with Crippen molar-refractivity contribution in [1.29, 1.82) is 0 Å². The summed E-state index contributed by atoms with van der Waals surface area (Å²) in [7, 11) is 1.68. The van der Waals surface area contributed by atoms with E-state index in [-0.39, 0.29) is 6.04 Å². The second-order valence-corrected chi connectivity index (χ2v) is 5.37. The lowest BCUT2D eigenvalue weighted by Gasteiger charge is -2.28. The topological polar surface area (TPSA) is 65.7 Å². The van der Waals surface area contributed by atoms with Gasteiger partial charge in [-0.3, -0.25) is 11.3 Å². The number of ether oxygens (including phenoxy) is 3. The van der Waals surface area contributed by atoms with Crippen LogP contribution in [0, 0.1) is 0 Å². The second kappa shape index (κ2) is 9.00. The molecule has 0 amide bonds. The van der Waals surface area contributed by atoms with Crippen molar-refractivity contribution in [3.8, 4) is 5.75 Å². The number of rotatable bonds is 9. The number of fused-ring (bicyclic) bond motifs is 1. The Morgan fingerprint density at radius 2 is 2.19 bits per heavy atom. The zero-order valence-corrected chi connectivity index (χ0v) is 12.7. The number of hydrazine groups is 1. The normalized spacial score (nSPS) is 18.9. The first-order chi connectivity index (χ1) is 10.3. The molecule has 2 rings (SSSR count). The summed E-state index contributed by atoms with van der Waals surface area (Å²) >= 11 is 0. The third-order valence-corrected chi connectivity index (χ3v) is 3.93. The predicted octanol–water partition coefficient (Wildman–Crippen LogP) is 1.83. The lowest BCUT2D eigenvalue weighted by Crippen LogP contribution is -2.37. The van der Waals surface area contributed by atoms with Crippen molar-refractivity contribution in [2.75, 3.05) is 33.5 Å². The van der Waals surface area contributed by atoms with Crippen LogP contribution in [0.15, 0.2) is 24.3 Å². The molecule has 21 heavy (non-hydrogen) atoms. The molecule has 2 unspecified atom stereocenters.